The van der Waals surface area contributed by atoms with E-state index in [-0.39, 0.29) is 46.2 Å². The number of amides is 2. The highest BCUT2D eigenvalue weighted by molar-refractivity contribution is 6.05. The van der Waals surface area contributed by atoms with Crippen molar-refractivity contribution in [3.8, 4) is 23.0 Å². The number of phenolic OH excluding ortho intramolecular Hbond substituents is 2. The Kier molecular flexibility index (Phi) is 9.27. The lowest BCUT2D eigenvalue weighted by atomic mass is 10.2. The number of carbonyl (C=O) groups is 2. The molecule has 0 saturated carbocycles. The Bertz CT molecular complexity index is 1710. The molecule has 1 heterocycles. The van der Waals surface area contributed by atoms with E-state index in [1.165, 1.54) is 86.1 Å². The zero-order valence-corrected chi connectivity index (χ0v) is 22.8. The number of benzene rings is 3. The number of hydrogen-bond donors (Lipinski definition) is 4. The van der Waals surface area contributed by atoms with Gasteiger partial charge in [-0.15, -0.1) is 0 Å². The molecule has 4 aromatic rings. The van der Waals surface area contributed by atoms with Crippen molar-refractivity contribution in [3.63, 3.8) is 0 Å². The topological polar surface area (TPSA) is 203 Å². The summed E-state index contributed by atoms with van der Waals surface area (Å²) in [5.41, 5.74) is 5.08. The van der Waals surface area contributed by atoms with E-state index in [2.05, 4.69) is 26.0 Å². The molecule has 15 nitrogen and oxygen atoms in total. The summed E-state index contributed by atoms with van der Waals surface area (Å²) >= 11 is 0. The summed E-state index contributed by atoms with van der Waals surface area (Å²) in [6.07, 6.45) is 3.63. The Morgan fingerprint density at radius 2 is 1.44 bits per heavy atom. The molecular weight excluding hydrogens is 562 g/mol. The fraction of sp³-hybridized carbons (Fsp3) is 0.107. The van der Waals surface area contributed by atoms with E-state index in [9.17, 15) is 29.9 Å². The van der Waals surface area contributed by atoms with E-state index in [4.69, 9.17) is 9.47 Å². The van der Waals surface area contributed by atoms with Gasteiger partial charge in [0.25, 0.3) is 17.5 Å². The number of imidazole rings is 1. The van der Waals surface area contributed by atoms with Crippen LogP contribution in [0.5, 0.6) is 23.0 Å². The third kappa shape index (κ3) is 7.29. The van der Waals surface area contributed by atoms with Crippen molar-refractivity contribution in [2.75, 3.05) is 14.2 Å². The van der Waals surface area contributed by atoms with Gasteiger partial charge in [-0.3, -0.25) is 19.7 Å². The Labute approximate surface area is 243 Å². The van der Waals surface area contributed by atoms with Gasteiger partial charge in [-0.1, -0.05) is 12.1 Å². The summed E-state index contributed by atoms with van der Waals surface area (Å²) < 4.78 is 11.6. The van der Waals surface area contributed by atoms with Gasteiger partial charge in [0.1, 0.15) is 28.7 Å². The molecule has 2 amide bonds. The Morgan fingerprint density at radius 3 is 1.95 bits per heavy atom. The van der Waals surface area contributed by atoms with Crippen LogP contribution in [0.3, 0.4) is 0 Å². The highest BCUT2D eigenvalue weighted by Crippen LogP contribution is 2.22. The second-order valence-corrected chi connectivity index (χ2v) is 8.74. The van der Waals surface area contributed by atoms with Gasteiger partial charge in [-0.25, -0.2) is 15.8 Å². The van der Waals surface area contributed by atoms with Crippen LogP contribution in [0.4, 0.5) is 5.69 Å². The van der Waals surface area contributed by atoms with Crippen LogP contribution in [0.2, 0.25) is 0 Å². The summed E-state index contributed by atoms with van der Waals surface area (Å²) in [4.78, 5) is 40.9. The van der Waals surface area contributed by atoms with Gasteiger partial charge in [0.05, 0.1) is 37.9 Å². The highest BCUT2D eigenvalue weighted by atomic mass is 16.6. The molecule has 220 valence electrons. The second kappa shape index (κ2) is 13.4. The SMILES string of the molecule is COc1ccc(O)c(/C=N\NC(=O)c2ncn(Cc3ccc([N+](=O)[O-])cc3)c2C(=O)N/N=C\c2cc(OC)ccc2O)c1. The molecule has 4 N–H and O–H groups in total. The van der Waals surface area contributed by atoms with Crippen LogP contribution in [0.15, 0.2) is 77.2 Å². The second-order valence-electron chi connectivity index (χ2n) is 8.74. The van der Waals surface area contributed by atoms with Crippen LogP contribution in [0, 0.1) is 10.1 Å². The number of aromatic nitrogens is 2. The van der Waals surface area contributed by atoms with Crippen LogP contribution in [0.25, 0.3) is 0 Å². The third-order valence-electron chi connectivity index (χ3n) is 5.98. The molecule has 4 rings (SSSR count). The maximum atomic E-state index is 13.3. The first-order chi connectivity index (χ1) is 20.7. The standard InChI is InChI=1S/C28H25N7O8/c1-42-21-7-9-23(36)18(11-21)13-30-32-27(38)25-26(28(39)33-31-14-19-12-22(43-2)8-10-24(19)37)34(16-29-25)15-17-3-5-20(6-4-17)35(40)41/h3-14,16,36-37H,15H2,1-2H3,(H,32,38)(H,33,39)/b30-13-,31-14-. The minimum Gasteiger partial charge on any atom is -0.507 e. The van der Waals surface area contributed by atoms with Gasteiger partial charge in [0, 0.05) is 29.8 Å². The zero-order chi connectivity index (χ0) is 30.9. The third-order valence-corrected chi connectivity index (χ3v) is 5.98. The normalized spacial score (nSPS) is 11.0. The Morgan fingerprint density at radius 1 is 0.907 bits per heavy atom. The summed E-state index contributed by atoms with van der Waals surface area (Å²) in [6.45, 7) is 0.0301. The molecule has 0 unspecified atom stereocenters. The molecule has 0 aliphatic carbocycles. The van der Waals surface area contributed by atoms with Crippen LogP contribution in [0.1, 0.15) is 37.7 Å². The van der Waals surface area contributed by atoms with Gasteiger partial charge in [-0.05, 0) is 42.0 Å². The first-order valence-electron chi connectivity index (χ1n) is 12.4. The number of phenols is 2. The number of nitrogens with zero attached hydrogens (tertiary/aromatic N) is 5. The number of hydrogen-bond acceptors (Lipinski definition) is 11. The lowest BCUT2D eigenvalue weighted by molar-refractivity contribution is -0.384. The Hall–Kier alpha value is -6.25. The molecule has 0 atom stereocenters. The molecule has 0 radical (unpaired) electrons. The van der Waals surface area contributed by atoms with Crippen molar-refractivity contribution in [1.82, 2.24) is 20.4 Å². The van der Waals surface area contributed by atoms with Gasteiger partial charge >= 0.3 is 0 Å². The summed E-state index contributed by atoms with van der Waals surface area (Å²) in [6, 6.07) is 14.5. The molecule has 0 bridgehead atoms. The van der Waals surface area contributed by atoms with Crippen molar-refractivity contribution in [2.45, 2.75) is 6.54 Å². The molecule has 0 spiro atoms. The molecule has 0 aliphatic rings. The average Bonchev–Trinajstić information content (AvgIpc) is 3.42. The number of non-ortho nitro benzene ring substituents is 1. The number of aromatic hydroxyl groups is 2. The highest BCUT2D eigenvalue weighted by Gasteiger charge is 2.24. The van der Waals surface area contributed by atoms with Crippen LogP contribution >= 0.6 is 0 Å². The average molecular weight is 588 g/mol. The minimum atomic E-state index is -0.847. The van der Waals surface area contributed by atoms with Gasteiger partial charge < -0.3 is 24.3 Å². The first-order valence-corrected chi connectivity index (χ1v) is 12.4. The van der Waals surface area contributed by atoms with E-state index >= 15 is 0 Å². The van der Waals surface area contributed by atoms with Crippen molar-refractivity contribution in [1.29, 1.82) is 0 Å². The van der Waals surface area contributed by atoms with Crippen molar-refractivity contribution >= 4 is 29.9 Å². The zero-order valence-electron chi connectivity index (χ0n) is 22.8. The lowest BCUT2D eigenvalue weighted by Gasteiger charge is -2.09. The number of methoxy groups -OCH3 is 2. The summed E-state index contributed by atoms with van der Waals surface area (Å²) in [5, 5.41) is 38.8. The number of hydrazone groups is 2. The number of carbonyl (C=O) groups excluding carboxylic acids is 2. The minimum absolute atomic E-state index is 0.0301. The predicted molar refractivity (Wildman–Crippen MR) is 154 cm³/mol. The monoisotopic (exact) mass is 587 g/mol. The largest absolute Gasteiger partial charge is 0.507 e. The number of ether oxygens (including phenoxy) is 2. The van der Waals surface area contributed by atoms with E-state index in [1.807, 2.05) is 0 Å². The lowest BCUT2D eigenvalue weighted by Crippen LogP contribution is -2.27. The van der Waals surface area contributed by atoms with E-state index in [0.29, 0.717) is 17.1 Å². The molecule has 1 aromatic heterocycles. The molecule has 0 aliphatic heterocycles. The van der Waals surface area contributed by atoms with Gasteiger partial charge in [0.2, 0.25) is 0 Å². The molecule has 15 heteroatoms. The Balaban J connectivity index is 1.60. The number of nitro groups is 1. The molecule has 0 fully saturated rings. The summed E-state index contributed by atoms with van der Waals surface area (Å²) in [5.74, 6) is -0.975. The molecule has 3 aromatic carbocycles. The molecule has 0 saturated heterocycles. The van der Waals surface area contributed by atoms with Gasteiger partial charge in [0.15, 0.2) is 5.69 Å². The molecular formula is C28H25N7O8. The van der Waals surface area contributed by atoms with Crippen molar-refractivity contribution in [2.24, 2.45) is 10.2 Å². The van der Waals surface area contributed by atoms with Crippen molar-refractivity contribution in [3.05, 3.63) is 105 Å². The smallest absolute Gasteiger partial charge is 0.292 e. The van der Waals surface area contributed by atoms with E-state index < -0.39 is 16.7 Å². The maximum Gasteiger partial charge on any atom is 0.292 e. The number of nitro benzene ring substituents is 1. The van der Waals surface area contributed by atoms with Crippen molar-refractivity contribution < 1.29 is 34.2 Å². The fourth-order valence-corrected chi connectivity index (χ4v) is 3.78. The van der Waals surface area contributed by atoms with E-state index in [0.717, 1.165) is 0 Å². The fourth-order valence-electron chi connectivity index (χ4n) is 3.78. The van der Waals surface area contributed by atoms with Crippen LogP contribution in [-0.4, -0.2) is 63.2 Å². The summed E-state index contributed by atoms with van der Waals surface area (Å²) in [7, 11) is 2.91. The number of rotatable bonds is 11. The van der Waals surface area contributed by atoms with E-state index in [1.54, 1.807) is 12.1 Å². The first kappa shape index (κ1) is 29.7. The quantitative estimate of drug-likeness (QED) is 0.116. The predicted octanol–water partition coefficient (Wildman–Crippen LogP) is 2.80. The maximum absolute atomic E-state index is 13.3. The molecule has 43 heavy (non-hydrogen) atoms. The van der Waals surface area contributed by atoms with Gasteiger partial charge in [-0.2, -0.15) is 10.2 Å². The number of nitrogens with one attached hydrogen (secondary N) is 2. The van der Waals surface area contributed by atoms with Crippen LogP contribution in [-0.2, 0) is 6.54 Å². The van der Waals surface area contributed by atoms with Crippen LogP contribution < -0.4 is 20.3 Å².